The van der Waals surface area contributed by atoms with Gasteiger partial charge in [-0.2, -0.15) is 0 Å². The second-order valence-corrected chi connectivity index (χ2v) is 4.01. The smallest absolute Gasteiger partial charge is 0.268 e. The average molecular weight is 285 g/mol. The normalized spacial score (nSPS) is 10.3. The van der Waals surface area contributed by atoms with Crippen molar-refractivity contribution in [1.82, 2.24) is 15.8 Å². The second-order valence-electron chi connectivity index (χ2n) is 4.01. The molecule has 0 fully saturated rings. The summed E-state index contributed by atoms with van der Waals surface area (Å²) in [5.41, 5.74) is 4.84. The number of amides is 2. The molecule has 2 rings (SSSR count). The van der Waals surface area contributed by atoms with Gasteiger partial charge in [0.2, 0.25) is 0 Å². The molecule has 0 atom stereocenters. The molecule has 0 unspecified atom stereocenters. The van der Waals surface area contributed by atoms with Gasteiger partial charge < -0.3 is 0 Å². The minimum absolute atomic E-state index is 0.177. The summed E-state index contributed by atoms with van der Waals surface area (Å²) >= 11 is 0. The number of pyridine rings is 1. The van der Waals surface area contributed by atoms with E-state index in [0.717, 1.165) is 6.08 Å². The summed E-state index contributed by atoms with van der Waals surface area (Å²) in [5.74, 6) is -1.55. The molecule has 6 heteroatoms. The fourth-order valence-corrected chi connectivity index (χ4v) is 1.50. The van der Waals surface area contributed by atoms with Gasteiger partial charge in [-0.1, -0.05) is 24.3 Å². The molecule has 0 aliphatic heterocycles. The van der Waals surface area contributed by atoms with Crippen LogP contribution in [0.1, 0.15) is 16.1 Å². The predicted octanol–water partition coefficient (Wildman–Crippen LogP) is 1.70. The number of hydrogen-bond acceptors (Lipinski definition) is 3. The Balaban J connectivity index is 1.88. The molecule has 0 spiro atoms. The van der Waals surface area contributed by atoms with Crippen LogP contribution < -0.4 is 10.9 Å². The summed E-state index contributed by atoms with van der Waals surface area (Å²) in [4.78, 5) is 26.9. The Morgan fingerprint density at radius 2 is 1.81 bits per heavy atom. The van der Waals surface area contributed by atoms with E-state index >= 15 is 0 Å². The zero-order chi connectivity index (χ0) is 15.1. The number of benzene rings is 1. The quantitative estimate of drug-likeness (QED) is 0.666. The maximum atomic E-state index is 13.3. The number of nitrogens with zero attached hydrogens (tertiary/aromatic N) is 1. The summed E-state index contributed by atoms with van der Waals surface area (Å²) < 4.78 is 13.3. The van der Waals surface area contributed by atoms with E-state index in [-0.39, 0.29) is 11.3 Å². The van der Waals surface area contributed by atoms with Gasteiger partial charge in [0.1, 0.15) is 11.5 Å². The van der Waals surface area contributed by atoms with Crippen LogP contribution in [0.2, 0.25) is 0 Å². The van der Waals surface area contributed by atoms with Crippen molar-refractivity contribution in [1.29, 1.82) is 0 Å². The molecular weight excluding hydrogens is 273 g/mol. The van der Waals surface area contributed by atoms with E-state index in [4.69, 9.17) is 0 Å². The lowest BCUT2D eigenvalue weighted by atomic mass is 10.2. The second kappa shape index (κ2) is 6.95. The number of rotatable bonds is 3. The number of carbonyl (C=O) groups excluding carboxylic acids is 2. The molecule has 0 saturated carbocycles. The first-order chi connectivity index (χ1) is 10.2. The molecule has 0 bridgehead atoms. The zero-order valence-corrected chi connectivity index (χ0v) is 10.9. The molecule has 5 nitrogen and oxygen atoms in total. The van der Waals surface area contributed by atoms with Crippen molar-refractivity contribution in [3.63, 3.8) is 0 Å². The molecule has 1 heterocycles. The van der Waals surface area contributed by atoms with Gasteiger partial charge in [-0.15, -0.1) is 0 Å². The van der Waals surface area contributed by atoms with Crippen molar-refractivity contribution in [3.8, 4) is 0 Å². The standard InChI is InChI=1S/C15H12FN3O2/c16-12-6-2-1-5-11(12)8-9-14(20)18-19-15(21)13-7-3-4-10-17-13/h1-10H,(H,18,20)(H,19,21)/b9-8+. The van der Waals surface area contributed by atoms with Gasteiger partial charge in [-0.05, 0) is 24.3 Å². The van der Waals surface area contributed by atoms with Gasteiger partial charge in [0.05, 0.1) is 0 Å². The molecule has 0 aliphatic rings. The van der Waals surface area contributed by atoms with Gasteiger partial charge in [-0.25, -0.2) is 4.39 Å². The Labute approximate surface area is 120 Å². The number of carbonyl (C=O) groups is 2. The fraction of sp³-hybridized carbons (Fsp3) is 0. The van der Waals surface area contributed by atoms with Crippen LogP contribution in [-0.4, -0.2) is 16.8 Å². The maximum absolute atomic E-state index is 13.3. The van der Waals surface area contributed by atoms with Crippen LogP contribution in [0.4, 0.5) is 4.39 Å². The third-order valence-corrected chi connectivity index (χ3v) is 2.52. The topological polar surface area (TPSA) is 71.1 Å². The summed E-state index contributed by atoms with van der Waals surface area (Å²) in [5, 5.41) is 0. The van der Waals surface area contributed by atoms with Crippen molar-refractivity contribution in [3.05, 3.63) is 71.8 Å². The third-order valence-electron chi connectivity index (χ3n) is 2.52. The summed E-state index contributed by atoms with van der Waals surface area (Å²) in [6.07, 6.45) is 3.91. The van der Waals surface area contributed by atoms with E-state index in [1.54, 1.807) is 24.3 Å². The monoisotopic (exact) mass is 285 g/mol. The van der Waals surface area contributed by atoms with Crippen molar-refractivity contribution in [2.24, 2.45) is 0 Å². The first kappa shape index (κ1) is 14.4. The van der Waals surface area contributed by atoms with Gasteiger partial charge in [0.15, 0.2) is 0 Å². The van der Waals surface area contributed by atoms with E-state index in [0.29, 0.717) is 0 Å². The minimum atomic E-state index is -0.581. The van der Waals surface area contributed by atoms with E-state index in [2.05, 4.69) is 15.8 Å². The average Bonchev–Trinajstić information content (AvgIpc) is 2.52. The number of hydrogen-bond donors (Lipinski definition) is 2. The molecule has 1 aromatic heterocycles. The number of aromatic nitrogens is 1. The van der Waals surface area contributed by atoms with Gasteiger partial charge >= 0.3 is 0 Å². The molecule has 0 radical (unpaired) electrons. The van der Waals surface area contributed by atoms with Crippen LogP contribution in [-0.2, 0) is 4.79 Å². The highest BCUT2D eigenvalue weighted by Crippen LogP contribution is 2.07. The van der Waals surface area contributed by atoms with Crippen LogP contribution in [0.3, 0.4) is 0 Å². The Morgan fingerprint density at radius 3 is 2.52 bits per heavy atom. The Kier molecular flexibility index (Phi) is 4.76. The van der Waals surface area contributed by atoms with Crippen molar-refractivity contribution in [2.45, 2.75) is 0 Å². The summed E-state index contributed by atoms with van der Waals surface area (Å²) in [7, 11) is 0. The van der Waals surface area contributed by atoms with E-state index < -0.39 is 17.6 Å². The lowest BCUT2D eigenvalue weighted by Gasteiger charge is -2.04. The number of nitrogens with one attached hydrogen (secondary N) is 2. The molecule has 1 aromatic carbocycles. The zero-order valence-electron chi connectivity index (χ0n) is 10.9. The van der Waals surface area contributed by atoms with Crippen LogP contribution in [0.15, 0.2) is 54.7 Å². The molecule has 0 saturated heterocycles. The van der Waals surface area contributed by atoms with Gasteiger partial charge in [0.25, 0.3) is 11.8 Å². The highest BCUT2D eigenvalue weighted by atomic mass is 19.1. The first-order valence-electron chi connectivity index (χ1n) is 6.11. The molecule has 2 aromatic rings. The largest absolute Gasteiger partial charge is 0.288 e. The molecular formula is C15H12FN3O2. The predicted molar refractivity (Wildman–Crippen MR) is 75.3 cm³/mol. The number of hydrazine groups is 1. The Hall–Kier alpha value is -3.02. The fourth-order valence-electron chi connectivity index (χ4n) is 1.50. The summed E-state index contributed by atoms with van der Waals surface area (Å²) in [6, 6.07) is 10.9. The van der Waals surface area contributed by atoms with Gasteiger partial charge in [0, 0.05) is 17.8 Å². The highest BCUT2D eigenvalue weighted by Gasteiger charge is 2.06. The molecule has 21 heavy (non-hydrogen) atoms. The summed E-state index contributed by atoms with van der Waals surface area (Å²) in [6.45, 7) is 0. The van der Waals surface area contributed by atoms with Crippen LogP contribution in [0.5, 0.6) is 0 Å². The lowest BCUT2D eigenvalue weighted by molar-refractivity contribution is -0.117. The Morgan fingerprint density at radius 1 is 1.05 bits per heavy atom. The van der Waals surface area contributed by atoms with Crippen molar-refractivity contribution < 1.29 is 14.0 Å². The third kappa shape index (κ3) is 4.24. The molecule has 2 amide bonds. The minimum Gasteiger partial charge on any atom is -0.268 e. The molecule has 106 valence electrons. The highest BCUT2D eigenvalue weighted by molar-refractivity contribution is 5.96. The van der Waals surface area contributed by atoms with Crippen LogP contribution >= 0.6 is 0 Å². The van der Waals surface area contributed by atoms with E-state index in [1.807, 2.05) is 0 Å². The van der Waals surface area contributed by atoms with E-state index in [9.17, 15) is 14.0 Å². The molecule has 2 N–H and O–H groups in total. The molecule has 0 aliphatic carbocycles. The number of halogens is 1. The van der Waals surface area contributed by atoms with Crippen molar-refractivity contribution >= 4 is 17.9 Å². The Bertz CT molecular complexity index is 672. The van der Waals surface area contributed by atoms with Crippen LogP contribution in [0, 0.1) is 5.82 Å². The van der Waals surface area contributed by atoms with Crippen LogP contribution in [0.25, 0.3) is 6.08 Å². The maximum Gasteiger partial charge on any atom is 0.288 e. The van der Waals surface area contributed by atoms with E-state index in [1.165, 1.54) is 30.5 Å². The lowest BCUT2D eigenvalue weighted by Crippen LogP contribution is -2.41. The van der Waals surface area contributed by atoms with Gasteiger partial charge in [-0.3, -0.25) is 25.4 Å². The SMILES string of the molecule is O=C(/C=C/c1ccccc1F)NNC(=O)c1ccccn1. The first-order valence-corrected chi connectivity index (χ1v) is 6.11. The van der Waals surface area contributed by atoms with Crippen molar-refractivity contribution in [2.75, 3.05) is 0 Å².